The van der Waals surface area contributed by atoms with Crippen LogP contribution in [0.4, 0.5) is 0 Å². The van der Waals surface area contributed by atoms with E-state index in [0.717, 1.165) is 24.4 Å². The molecule has 3 heterocycles. The van der Waals surface area contributed by atoms with E-state index in [1.54, 1.807) is 0 Å². The van der Waals surface area contributed by atoms with E-state index < -0.39 is 0 Å². The zero-order valence-corrected chi connectivity index (χ0v) is 7.91. The van der Waals surface area contributed by atoms with Crippen molar-refractivity contribution in [1.29, 1.82) is 0 Å². The Kier molecular flexibility index (Phi) is 1.52. The highest BCUT2D eigenvalue weighted by atomic mass is 15.6. The molecule has 3 aliphatic rings. The molecule has 0 aliphatic carbocycles. The van der Waals surface area contributed by atoms with Crippen LogP contribution in [-0.4, -0.2) is 34.2 Å². The van der Waals surface area contributed by atoms with Gasteiger partial charge in [-0.1, -0.05) is 0 Å². The molecular formula is C9H18N2. The lowest BCUT2D eigenvalue weighted by molar-refractivity contribution is -0.307. The predicted molar refractivity (Wildman–Crippen MR) is 46.1 cm³/mol. The summed E-state index contributed by atoms with van der Waals surface area (Å²) in [5.74, 6) is 0. The van der Waals surface area contributed by atoms with Crippen molar-refractivity contribution in [2.24, 2.45) is 0 Å². The van der Waals surface area contributed by atoms with E-state index in [9.17, 15) is 0 Å². The number of hydrogen-bond donors (Lipinski definition) is 0. The Morgan fingerprint density at radius 2 is 1.27 bits per heavy atom. The molecule has 3 rings (SSSR count). The van der Waals surface area contributed by atoms with Crippen LogP contribution < -0.4 is 0 Å². The first-order chi connectivity index (χ1) is 5.13. The molecule has 0 spiro atoms. The number of rotatable bonds is 2. The monoisotopic (exact) mass is 154 g/mol. The zero-order chi connectivity index (χ0) is 8.17. The van der Waals surface area contributed by atoms with Crippen LogP contribution >= 0.6 is 0 Å². The van der Waals surface area contributed by atoms with Crippen molar-refractivity contribution in [3.63, 3.8) is 0 Å². The summed E-state index contributed by atoms with van der Waals surface area (Å²) in [6.45, 7) is 9.15. The molecule has 3 fully saturated rings. The highest BCUT2D eigenvalue weighted by Crippen LogP contribution is 2.46. The summed E-state index contributed by atoms with van der Waals surface area (Å²) in [4.78, 5) is 5.19. The summed E-state index contributed by atoms with van der Waals surface area (Å²) in [5.41, 5.74) is 0. The summed E-state index contributed by atoms with van der Waals surface area (Å²) in [6.07, 6.45) is 3.00. The highest BCUT2D eigenvalue weighted by Gasteiger charge is 2.59. The molecule has 0 radical (unpaired) electrons. The third-order valence-corrected chi connectivity index (χ3v) is 2.99. The Labute approximate surface area is 69.2 Å². The fraction of sp³-hybridized carbons (Fsp3) is 1.00. The van der Waals surface area contributed by atoms with Gasteiger partial charge in [-0.25, -0.2) is 0 Å². The molecule has 3 saturated heterocycles. The van der Waals surface area contributed by atoms with E-state index in [1.165, 1.54) is 6.42 Å². The van der Waals surface area contributed by atoms with E-state index in [2.05, 4.69) is 37.5 Å². The van der Waals surface area contributed by atoms with Crippen LogP contribution in [0.15, 0.2) is 0 Å². The Morgan fingerprint density at radius 1 is 0.909 bits per heavy atom. The Morgan fingerprint density at radius 3 is 1.45 bits per heavy atom. The van der Waals surface area contributed by atoms with Gasteiger partial charge in [0, 0.05) is 18.5 Å². The number of hydrogen-bond acceptors (Lipinski definition) is 2. The first-order valence-corrected chi connectivity index (χ1v) is 4.68. The van der Waals surface area contributed by atoms with E-state index >= 15 is 0 Å². The van der Waals surface area contributed by atoms with Gasteiger partial charge < -0.3 is 0 Å². The maximum Gasteiger partial charge on any atom is 0.0682 e. The van der Waals surface area contributed by atoms with Gasteiger partial charge in [-0.2, -0.15) is 0 Å². The summed E-state index contributed by atoms with van der Waals surface area (Å²) in [7, 11) is 0. The minimum atomic E-state index is 0.744. The molecule has 0 saturated carbocycles. The quantitative estimate of drug-likeness (QED) is 0.594. The van der Waals surface area contributed by atoms with E-state index in [1.807, 2.05) is 0 Å². The number of nitrogens with zero attached hydrogens (tertiary/aromatic N) is 2. The highest BCUT2D eigenvalue weighted by molar-refractivity contribution is 5.07. The van der Waals surface area contributed by atoms with Crippen molar-refractivity contribution in [2.75, 3.05) is 0 Å². The molecule has 0 aromatic carbocycles. The van der Waals surface area contributed by atoms with E-state index in [0.29, 0.717) is 0 Å². The Balaban J connectivity index is 1.92. The smallest absolute Gasteiger partial charge is 0.0682 e. The van der Waals surface area contributed by atoms with Crippen molar-refractivity contribution in [3.05, 3.63) is 0 Å². The average Bonchev–Trinajstić information content (AvgIpc) is 1.49. The molecule has 0 aromatic rings. The standard InChI is InChI=1S/C9H18N2/c1-6(2)10-8-5-9(10)11(8)7(3)4/h6-9H,5H2,1-4H3. The van der Waals surface area contributed by atoms with Gasteiger partial charge >= 0.3 is 0 Å². The van der Waals surface area contributed by atoms with Crippen molar-refractivity contribution in [2.45, 2.75) is 58.5 Å². The van der Waals surface area contributed by atoms with Gasteiger partial charge in [0.1, 0.15) is 0 Å². The van der Waals surface area contributed by atoms with Crippen molar-refractivity contribution in [1.82, 2.24) is 9.80 Å². The van der Waals surface area contributed by atoms with Crippen LogP contribution in [0.3, 0.4) is 0 Å². The second-order valence-electron chi connectivity index (χ2n) is 4.28. The largest absolute Gasteiger partial charge is 0.269 e. The third-order valence-electron chi connectivity index (χ3n) is 2.99. The van der Waals surface area contributed by atoms with Gasteiger partial charge in [-0.15, -0.1) is 0 Å². The summed E-state index contributed by atoms with van der Waals surface area (Å²) in [6, 6.07) is 1.49. The Hall–Kier alpha value is -0.0800. The second-order valence-corrected chi connectivity index (χ2v) is 4.28. The molecule has 64 valence electrons. The maximum atomic E-state index is 2.60. The van der Waals surface area contributed by atoms with Crippen molar-refractivity contribution in [3.8, 4) is 0 Å². The summed E-state index contributed by atoms with van der Waals surface area (Å²) in [5, 5.41) is 0. The molecule has 0 atom stereocenters. The molecule has 0 amide bonds. The molecule has 2 nitrogen and oxygen atoms in total. The summed E-state index contributed by atoms with van der Waals surface area (Å²) >= 11 is 0. The normalized spacial score (nSPS) is 37.6. The lowest BCUT2D eigenvalue weighted by Gasteiger charge is -2.72. The van der Waals surface area contributed by atoms with Crippen LogP contribution in [0, 0.1) is 0 Å². The Bertz CT molecular complexity index is 139. The predicted octanol–water partition coefficient (Wildman–Crippen LogP) is 1.48. The molecule has 0 aromatic heterocycles. The van der Waals surface area contributed by atoms with Gasteiger partial charge in [-0.3, -0.25) is 9.80 Å². The first kappa shape index (κ1) is 7.56. The summed E-state index contributed by atoms with van der Waals surface area (Å²) < 4.78 is 0. The molecule has 0 unspecified atom stereocenters. The fourth-order valence-corrected chi connectivity index (χ4v) is 2.41. The minimum absolute atomic E-state index is 0.744. The van der Waals surface area contributed by atoms with Gasteiger partial charge in [0.05, 0.1) is 12.3 Å². The lowest BCUT2D eigenvalue weighted by Crippen LogP contribution is -2.85. The second kappa shape index (κ2) is 2.20. The van der Waals surface area contributed by atoms with Gasteiger partial charge in [0.2, 0.25) is 0 Å². The SMILES string of the molecule is CC(C)N1C2CC1N2C(C)C. The minimum Gasteiger partial charge on any atom is -0.269 e. The average molecular weight is 154 g/mol. The lowest BCUT2D eigenvalue weighted by atomic mass is 9.87. The van der Waals surface area contributed by atoms with Gasteiger partial charge in [0.15, 0.2) is 0 Å². The van der Waals surface area contributed by atoms with E-state index in [-0.39, 0.29) is 0 Å². The molecule has 0 N–H and O–H groups in total. The van der Waals surface area contributed by atoms with Crippen LogP contribution in [0.1, 0.15) is 34.1 Å². The van der Waals surface area contributed by atoms with Gasteiger partial charge in [-0.05, 0) is 27.7 Å². The zero-order valence-electron chi connectivity index (χ0n) is 7.91. The van der Waals surface area contributed by atoms with Crippen LogP contribution in [0.5, 0.6) is 0 Å². The molecular weight excluding hydrogens is 136 g/mol. The topological polar surface area (TPSA) is 6.48 Å². The van der Waals surface area contributed by atoms with E-state index in [4.69, 9.17) is 0 Å². The first-order valence-electron chi connectivity index (χ1n) is 4.68. The van der Waals surface area contributed by atoms with Crippen LogP contribution in [0.25, 0.3) is 0 Å². The molecule has 2 bridgehead atoms. The fourth-order valence-electron chi connectivity index (χ4n) is 2.41. The maximum absolute atomic E-state index is 2.60. The van der Waals surface area contributed by atoms with Crippen LogP contribution in [-0.2, 0) is 0 Å². The molecule has 3 aliphatic heterocycles. The van der Waals surface area contributed by atoms with Crippen molar-refractivity contribution >= 4 is 0 Å². The van der Waals surface area contributed by atoms with Crippen molar-refractivity contribution < 1.29 is 0 Å². The third kappa shape index (κ3) is 0.798. The molecule has 11 heavy (non-hydrogen) atoms. The van der Waals surface area contributed by atoms with Gasteiger partial charge in [0.25, 0.3) is 0 Å². The molecule has 2 heteroatoms. The van der Waals surface area contributed by atoms with Crippen LogP contribution in [0.2, 0.25) is 0 Å².